The van der Waals surface area contributed by atoms with Gasteiger partial charge in [0.1, 0.15) is 5.25 Å². The number of amides is 1. The molecule has 20 heavy (non-hydrogen) atoms. The van der Waals surface area contributed by atoms with Gasteiger partial charge in [-0.25, -0.2) is 8.42 Å². The Balaban J connectivity index is 3.17. The summed E-state index contributed by atoms with van der Waals surface area (Å²) in [5.41, 5.74) is 6.12. The molecule has 0 aromatic heterocycles. The second-order valence-corrected chi connectivity index (χ2v) is 8.13. The highest BCUT2D eigenvalue weighted by atomic mass is 32.2. The van der Waals surface area contributed by atoms with Crippen LogP contribution in [0.2, 0.25) is 0 Å². The molecule has 6 heteroatoms. The number of benzene rings is 1. The van der Waals surface area contributed by atoms with E-state index < -0.39 is 26.5 Å². The first-order chi connectivity index (χ1) is 8.97. The molecule has 1 amide bonds. The van der Waals surface area contributed by atoms with E-state index >= 15 is 0 Å². The third-order valence-electron chi connectivity index (χ3n) is 2.97. The number of sulfone groups is 1. The SMILES string of the molecule is Cc1c(N)cccc1S(=O)(=O)C(C)C(=O)NC(C)(C)C. The fourth-order valence-corrected chi connectivity index (χ4v) is 3.28. The van der Waals surface area contributed by atoms with E-state index in [1.807, 2.05) is 0 Å². The van der Waals surface area contributed by atoms with Gasteiger partial charge in [-0.3, -0.25) is 4.79 Å². The second-order valence-electron chi connectivity index (χ2n) is 5.90. The third-order valence-corrected chi connectivity index (χ3v) is 5.17. The van der Waals surface area contributed by atoms with Crippen molar-refractivity contribution >= 4 is 21.4 Å². The van der Waals surface area contributed by atoms with Crippen molar-refractivity contribution in [3.05, 3.63) is 23.8 Å². The van der Waals surface area contributed by atoms with Crippen LogP contribution in [-0.4, -0.2) is 25.1 Å². The number of nitrogen functional groups attached to an aromatic ring is 1. The number of rotatable bonds is 3. The van der Waals surface area contributed by atoms with Crippen LogP contribution in [0.15, 0.2) is 23.1 Å². The van der Waals surface area contributed by atoms with Crippen LogP contribution in [0, 0.1) is 6.92 Å². The van der Waals surface area contributed by atoms with Crippen molar-refractivity contribution < 1.29 is 13.2 Å². The molecule has 0 bridgehead atoms. The van der Waals surface area contributed by atoms with Crippen molar-refractivity contribution in [1.29, 1.82) is 0 Å². The molecule has 0 heterocycles. The highest BCUT2D eigenvalue weighted by Gasteiger charge is 2.32. The molecule has 1 aromatic carbocycles. The predicted octanol–water partition coefficient (Wildman–Crippen LogP) is 1.65. The van der Waals surface area contributed by atoms with Gasteiger partial charge in [0, 0.05) is 11.2 Å². The average Bonchev–Trinajstić information content (AvgIpc) is 2.29. The molecule has 0 aliphatic carbocycles. The van der Waals surface area contributed by atoms with Gasteiger partial charge in [-0.1, -0.05) is 6.07 Å². The summed E-state index contributed by atoms with van der Waals surface area (Å²) in [4.78, 5) is 12.2. The molecular weight excluding hydrogens is 276 g/mol. The minimum atomic E-state index is -3.76. The van der Waals surface area contributed by atoms with Crippen LogP contribution in [0.3, 0.4) is 0 Å². The maximum absolute atomic E-state index is 12.5. The zero-order valence-electron chi connectivity index (χ0n) is 12.5. The number of carbonyl (C=O) groups is 1. The molecule has 1 aromatic rings. The normalized spacial score (nSPS) is 13.8. The summed E-state index contributed by atoms with van der Waals surface area (Å²) in [6.07, 6.45) is 0. The van der Waals surface area contributed by atoms with E-state index in [9.17, 15) is 13.2 Å². The standard InChI is InChI=1S/C14H22N2O3S/c1-9-11(15)7-6-8-12(9)20(18,19)10(2)13(17)16-14(3,4)5/h6-8,10H,15H2,1-5H3,(H,16,17). The summed E-state index contributed by atoms with van der Waals surface area (Å²) in [5, 5.41) is 1.51. The lowest BCUT2D eigenvalue weighted by Gasteiger charge is -2.23. The van der Waals surface area contributed by atoms with Crippen molar-refractivity contribution in [2.24, 2.45) is 0 Å². The van der Waals surface area contributed by atoms with Gasteiger partial charge < -0.3 is 11.1 Å². The number of anilines is 1. The molecule has 0 fully saturated rings. The third kappa shape index (κ3) is 3.50. The molecule has 3 N–H and O–H groups in total. The largest absolute Gasteiger partial charge is 0.398 e. The van der Waals surface area contributed by atoms with E-state index in [2.05, 4.69) is 5.32 Å². The van der Waals surface area contributed by atoms with Crippen LogP contribution >= 0.6 is 0 Å². The Bertz CT molecular complexity index is 616. The molecule has 0 saturated carbocycles. The van der Waals surface area contributed by atoms with E-state index in [4.69, 9.17) is 5.73 Å². The van der Waals surface area contributed by atoms with Gasteiger partial charge >= 0.3 is 0 Å². The number of hydrogen-bond acceptors (Lipinski definition) is 4. The first-order valence-corrected chi connectivity index (χ1v) is 7.92. The predicted molar refractivity (Wildman–Crippen MR) is 80.1 cm³/mol. The van der Waals surface area contributed by atoms with Gasteiger partial charge in [-0.2, -0.15) is 0 Å². The molecule has 5 nitrogen and oxygen atoms in total. The number of nitrogens with two attached hydrogens (primary N) is 1. The van der Waals surface area contributed by atoms with Crippen LogP contribution in [0.25, 0.3) is 0 Å². The van der Waals surface area contributed by atoms with Gasteiger partial charge in [-0.15, -0.1) is 0 Å². The first-order valence-electron chi connectivity index (χ1n) is 6.38. The van der Waals surface area contributed by atoms with Crippen molar-refractivity contribution in [2.75, 3.05) is 5.73 Å². The zero-order chi connectivity index (χ0) is 15.7. The minimum Gasteiger partial charge on any atom is -0.398 e. The summed E-state index contributed by atoms with van der Waals surface area (Å²) in [6, 6.07) is 4.68. The van der Waals surface area contributed by atoms with Crippen LogP contribution in [0.5, 0.6) is 0 Å². The highest BCUT2D eigenvalue weighted by Crippen LogP contribution is 2.24. The summed E-state index contributed by atoms with van der Waals surface area (Å²) >= 11 is 0. The Morgan fingerprint density at radius 2 is 1.85 bits per heavy atom. The quantitative estimate of drug-likeness (QED) is 0.830. The van der Waals surface area contributed by atoms with E-state index in [0.29, 0.717) is 11.3 Å². The summed E-state index contributed by atoms with van der Waals surface area (Å²) < 4.78 is 25.0. The Hall–Kier alpha value is -1.56. The van der Waals surface area contributed by atoms with Crippen LogP contribution in [0.1, 0.15) is 33.3 Å². The molecule has 0 spiro atoms. The number of hydrogen-bond donors (Lipinski definition) is 2. The van der Waals surface area contributed by atoms with Crippen molar-refractivity contribution in [2.45, 2.75) is 50.3 Å². The molecule has 0 aliphatic heterocycles. The molecule has 0 radical (unpaired) electrons. The molecule has 1 atom stereocenters. The van der Waals surface area contributed by atoms with Crippen LogP contribution in [-0.2, 0) is 14.6 Å². The number of carbonyl (C=O) groups excluding carboxylic acids is 1. The molecular formula is C14H22N2O3S. The zero-order valence-corrected chi connectivity index (χ0v) is 13.3. The van der Waals surface area contributed by atoms with E-state index in [0.717, 1.165) is 0 Å². The second kappa shape index (κ2) is 5.44. The Kier molecular flexibility index (Phi) is 4.49. The first kappa shape index (κ1) is 16.5. The molecule has 1 rings (SSSR count). The smallest absolute Gasteiger partial charge is 0.238 e. The lowest BCUT2D eigenvalue weighted by molar-refractivity contribution is -0.121. The maximum atomic E-state index is 12.5. The van der Waals surface area contributed by atoms with E-state index in [-0.39, 0.29) is 4.90 Å². The highest BCUT2D eigenvalue weighted by molar-refractivity contribution is 7.92. The lowest BCUT2D eigenvalue weighted by Crippen LogP contribution is -2.47. The van der Waals surface area contributed by atoms with Gasteiger partial charge in [-0.05, 0) is 52.3 Å². The Morgan fingerprint density at radius 1 is 1.30 bits per heavy atom. The lowest BCUT2D eigenvalue weighted by atomic mass is 10.1. The van der Waals surface area contributed by atoms with Crippen molar-refractivity contribution in [3.8, 4) is 0 Å². The summed E-state index contributed by atoms with van der Waals surface area (Å²) in [7, 11) is -3.76. The van der Waals surface area contributed by atoms with Gasteiger partial charge in [0.2, 0.25) is 5.91 Å². The minimum absolute atomic E-state index is 0.106. The molecule has 0 aliphatic rings. The molecule has 112 valence electrons. The Morgan fingerprint density at radius 3 is 2.35 bits per heavy atom. The van der Waals surface area contributed by atoms with Crippen molar-refractivity contribution in [1.82, 2.24) is 5.32 Å². The van der Waals surface area contributed by atoms with E-state index in [1.165, 1.54) is 13.0 Å². The molecule has 0 saturated heterocycles. The van der Waals surface area contributed by atoms with Gasteiger partial charge in [0.25, 0.3) is 0 Å². The molecule has 1 unspecified atom stereocenters. The van der Waals surface area contributed by atoms with E-state index in [1.54, 1.807) is 39.8 Å². The van der Waals surface area contributed by atoms with Gasteiger partial charge in [0.15, 0.2) is 9.84 Å². The maximum Gasteiger partial charge on any atom is 0.238 e. The monoisotopic (exact) mass is 298 g/mol. The Labute approximate surface area is 120 Å². The van der Waals surface area contributed by atoms with Gasteiger partial charge in [0.05, 0.1) is 4.90 Å². The fraction of sp³-hybridized carbons (Fsp3) is 0.500. The summed E-state index contributed by atoms with van der Waals surface area (Å²) in [5.74, 6) is -0.515. The number of nitrogens with one attached hydrogen (secondary N) is 1. The van der Waals surface area contributed by atoms with Crippen molar-refractivity contribution in [3.63, 3.8) is 0 Å². The van der Waals surface area contributed by atoms with Crippen LogP contribution in [0.4, 0.5) is 5.69 Å². The average molecular weight is 298 g/mol. The fourth-order valence-electron chi connectivity index (χ4n) is 1.74. The van der Waals surface area contributed by atoms with Crippen LogP contribution < -0.4 is 11.1 Å². The summed E-state index contributed by atoms with van der Waals surface area (Å²) in [6.45, 7) is 8.43. The topological polar surface area (TPSA) is 89.3 Å².